The van der Waals surface area contributed by atoms with Gasteiger partial charge in [-0.2, -0.15) is 0 Å². The molecule has 0 spiro atoms. The molecular weight excluding hydrogens is 546 g/mol. The molecule has 0 saturated heterocycles. The van der Waals surface area contributed by atoms with E-state index in [1.165, 1.54) is 0 Å². The smallest absolute Gasteiger partial charge is 0.343 e. The van der Waals surface area contributed by atoms with Crippen molar-refractivity contribution in [3.63, 3.8) is 0 Å². The molecule has 220 valence electrons. The van der Waals surface area contributed by atoms with Crippen molar-refractivity contribution in [2.75, 3.05) is 0 Å². The van der Waals surface area contributed by atoms with Crippen LogP contribution in [0.1, 0.15) is 80.4 Å². The first-order valence-corrected chi connectivity index (χ1v) is 16.0. The van der Waals surface area contributed by atoms with Crippen molar-refractivity contribution in [2.24, 2.45) is 5.92 Å². The Morgan fingerprint density at radius 3 is 2.14 bits per heavy atom. The molecule has 0 bridgehead atoms. The van der Waals surface area contributed by atoms with Gasteiger partial charge in [0.15, 0.2) is 0 Å². The quantitative estimate of drug-likeness (QED) is 0.212. The van der Waals surface area contributed by atoms with Crippen LogP contribution in [0.3, 0.4) is 0 Å². The lowest BCUT2D eigenvalue weighted by Gasteiger charge is -2.21. The molecule has 5 rings (SSSR count). The van der Waals surface area contributed by atoms with Crippen LogP contribution in [0.2, 0.25) is 0 Å². The van der Waals surface area contributed by atoms with Gasteiger partial charge in [0.2, 0.25) is 10.0 Å². The normalized spacial score (nSPS) is 18.4. The summed E-state index contributed by atoms with van der Waals surface area (Å²) < 4.78 is 35.3. The Labute approximate surface area is 248 Å². The second-order valence-electron chi connectivity index (χ2n) is 12.3. The van der Waals surface area contributed by atoms with Gasteiger partial charge < -0.3 is 9.52 Å². The summed E-state index contributed by atoms with van der Waals surface area (Å²) in [6.07, 6.45) is 1.96. The van der Waals surface area contributed by atoms with E-state index in [0.29, 0.717) is 18.6 Å². The van der Waals surface area contributed by atoms with Crippen molar-refractivity contribution in [3.05, 3.63) is 129 Å². The van der Waals surface area contributed by atoms with Crippen molar-refractivity contribution in [1.29, 1.82) is 0 Å². The van der Waals surface area contributed by atoms with Crippen LogP contribution in [-0.2, 0) is 21.9 Å². The topological polar surface area (TPSA) is 96.6 Å². The molecule has 3 aromatic carbocycles. The summed E-state index contributed by atoms with van der Waals surface area (Å²) in [6.45, 7) is 8.27. The lowest BCUT2D eigenvalue weighted by molar-refractivity contribution is 0.379. The molecule has 1 aromatic heterocycles. The molecule has 4 unspecified atom stereocenters. The molecule has 4 atom stereocenters. The number of rotatable bonds is 10. The maximum absolute atomic E-state index is 13.5. The molecule has 1 heterocycles. The Kier molecular flexibility index (Phi) is 8.44. The van der Waals surface area contributed by atoms with Crippen molar-refractivity contribution in [1.82, 2.24) is 4.72 Å². The third kappa shape index (κ3) is 6.53. The molecule has 4 aromatic rings. The number of benzene rings is 3. The zero-order valence-electron chi connectivity index (χ0n) is 24.6. The summed E-state index contributed by atoms with van der Waals surface area (Å²) in [6, 6.07) is 27.6. The van der Waals surface area contributed by atoms with Crippen molar-refractivity contribution >= 4 is 10.0 Å². The fraction of sp³-hybridized carbons (Fsp3) is 0.343. The minimum absolute atomic E-state index is 0.0691. The summed E-state index contributed by atoms with van der Waals surface area (Å²) in [5, 5.41) is 11.3. The van der Waals surface area contributed by atoms with Gasteiger partial charge in [0, 0.05) is 23.9 Å². The van der Waals surface area contributed by atoms with Crippen LogP contribution in [0.25, 0.3) is 0 Å². The van der Waals surface area contributed by atoms with Crippen LogP contribution in [0.5, 0.6) is 5.75 Å². The molecule has 42 heavy (non-hydrogen) atoms. The minimum Gasteiger partial charge on any atom is -0.507 e. The second-order valence-corrected chi connectivity index (χ2v) is 14.0. The van der Waals surface area contributed by atoms with Gasteiger partial charge in [-0.05, 0) is 59.4 Å². The molecule has 2 N–H and O–H groups in total. The third-order valence-electron chi connectivity index (χ3n) is 8.28. The fourth-order valence-corrected chi connectivity index (χ4v) is 7.05. The van der Waals surface area contributed by atoms with Crippen LogP contribution >= 0.6 is 0 Å². The predicted octanol–water partition coefficient (Wildman–Crippen LogP) is 6.88. The largest absolute Gasteiger partial charge is 0.507 e. The molecular formula is C35H39NO5S. The highest BCUT2D eigenvalue weighted by atomic mass is 32.2. The van der Waals surface area contributed by atoms with E-state index < -0.39 is 21.6 Å². The van der Waals surface area contributed by atoms with Crippen LogP contribution in [0.15, 0.2) is 105 Å². The molecule has 0 amide bonds. The zero-order valence-corrected chi connectivity index (χ0v) is 25.4. The summed E-state index contributed by atoms with van der Waals surface area (Å²) in [7, 11) is -3.78. The average Bonchev–Trinajstić information content (AvgIpc) is 3.71. The Hall–Kier alpha value is -3.68. The van der Waals surface area contributed by atoms with Gasteiger partial charge in [0.25, 0.3) is 0 Å². The Morgan fingerprint density at radius 1 is 0.952 bits per heavy atom. The van der Waals surface area contributed by atoms with Gasteiger partial charge in [-0.3, -0.25) is 0 Å². The van der Waals surface area contributed by atoms with Crippen molar-refractivity contribution in [2.45, 2.75) is 75.1 Å². The predicted molar refractivity (Wildman–Crippen MR) is 165 cm³/mol. The highest BCUT2D eigenvalue weighted by molar-refractivity contribution is 7.89. The second kappa shape index (κ2) is 11.9. The maximum Gasteiger partial charge on any atom is 0.343 e. The van der Waals surface area contributed by atoms with Crippen LogP contribution in [-0.4, -0.2) is 19.6 Å². The summed E-state index contributed by atoms with van der Waals surface area (Å²) >= 11 is 0. The van der Waals surface area contributed by atoms with E-state index in [4.69, 9.17) is 4.42 Å². The molecule has 0 radical (unpaired) electrons. The first-order chi connectivity index (χ1) is 20.0. The Balaban J connectivity index is 1.42. The first-order valence-electron chi connectivity index (χ1n) is 14.6. The van der Waals surface area contributed by atoms with E-state index in [2.05, 4.69) is 25.5 Å². The Morgan fingerprint density at radius 2 is 1.57 bits per heavy atom. The molecule has 1 saturated carbocycles. The number of aromatic hydroxyl groups is 1. The molecule has 1 fully saturated rings. The molecule has 1 aliphatic carbocycles. The minimum atomic E-state index is -3.78. The standard InChI is InChI=1S/C35H39NO5S/c1-5-24(20-23-12-8-6-9-13-23)31-22-30(37)33(34(38)41-31)32(25-14-10-7-11-15-25)28-21-29(28)36-42(39,40)27-18-16-26(17-19-27)35(2,3)4/h6-19,22,24,28-29,32,36-37H,5,20-21H2,1-4H3. The number of hydrogen-bond donors (Lipinski definition) is 2. The maximum atomic E-state index is 13.5. The van der Waals surface area contributed by atoms with E-state index in [9.17, 15) is 18.3 Å². The van der Waals surface area contributed by atoms with Gasteiger partial charge in [-0.1, -0.05) is 100 Å². The SMILES string of the molecule is CCC(Cc1ccccc1)c1cc(O)c(C(c2ccccc2)C2CC2NS(=O)(=O)c2ccc(C(C)(C)C)cc2)c(=O)o1. The van der Waals surface area contributed by atoms with Crippen molar-refractivity contribution < 1.29 is 17.9 Å². The first kappa shape index (κ1) is 29.8. The van der Waals surface area contributed by atoms with Crippen LogP contribution in [0.4, 0.5) is 0 Å². The molecule has 7 heteroatoms. The number of sulfonamides is 1. The number of nitrogens with one attached hydrogen (secondary N) is 1. The van der Waals surface area contributed by atoms with E-state index in [1.54, 1.807) is 18.2 Å². The van der Waals surface area contributed by atoms with Gasteiger partial charge in [0.05, 0.1) is 10.5 Å². The van der Waals surface area contributed by atoms with Gasteiger partial charge in [-0.15, -0.1) is 0 Å². The molecule has 1 aliphatic rings. The van der Waals surface area contributed by atoms with Crippen LogP contribution in [0, 0.1) is 5.92 Å². The molecule has 6 nitrogen and oxygen atoms in total. The monoisotopic (exact) mass is 585 g/mol. The third-order valence-corrected chi connectivity index (χ3v) is 9.79. The van der Waals surface area contributed by atoms with Crippen molar-refractivity contribution in [3.8, 4) is 5.75 Å². The van der Waals surface area contributed by atoms with E-state index in [0.717, 1.165) is 23.1 Å². The summed E-state index contributed by atoms with van der Waals surface area (Å²) in [5.41, 5.74) is 2.49. The fourth-order valence-electron chi connectivity index (χ4n) is 5.75. The van der Waals surface area contributed by atoms with Gasteiger partial charge >= 0.3 is 5.63 Å². The highest BCUT2D eigenvalue weighted by Gasteiger charge is 2.48. The lowest BCUT2D eigenvalue weighted by atomic mass is 9.86. The van der Waals surface area contributed by atoms with E-state index >= 15 is 0 Å². The van der Waals surface area contributed by atoms with E-state index in [1.807, 2.05) is 79.7 Å². The van der Waals surface area contributed by atoms with Gasteiger partial charge in [0.1, 0.15) is 11.5 Å². The number of hydrogen-bond acceptors (Lipinski definition) is 5. The van der Waals surface area contributed by atoms with Crippen LogP contribution < -0.4 is 10.3 Å². The summed E-state index contributed by atoms with van der Waals surface area (Å²) in [4.78, 5) is 13.7. The molecule has 0 aliphatic heterocycles. The van der Waals surface area contributed by atoms with E-state index in [-0.39, 0.29) is 39.5 Å². The Bertz CT molecular complexity index is 1670. The lowest BCUT2D eigenvalue weighted by Crippen LogP contribution is -2.29. The van der Waals surface area contributed by atoms with Gasteiger partial charge in [-0.25, -0.2) is 17.9 Å². The zero-order chi connectivity index (χ0) is 30.1. The highest BCUT2D eigenvalue weighted by Crippen LogP contribution is 2.48. The average molecular weight is 586 g/mol. The summed E-state index contributed by atoms with van der Waals surface area (Å²) in [5.74, 6) is -0.483.